The Kier molecular flexibility index (Phi) is 16.8. The molecule has 0 aromatic heterocycles. The van der Waals surface area contributed by atoms with Crippen molar-refractivity contribution in [3.8, 4) is 0 Å². The van der Waals surface area contributed by atoms with Crippen molar-refractivity contribution in [2.75, 3.05) is 32.6 Å². The molecule has 0 aliphatic heterocycles. The number of benzene rings is 1. The van der Waals surface area contributed by atoms with E-state index in [-0.39, 0.29) is 23.1 Å². The molecular weight excluding hydrogens is 398 g/mol. The lowest BCUT2D eigenvalue weighted by molar-refractivity contribution is 0.137. The first-order valence-corrected chi connectivity index (χ1v) is 11.3. The molecule has 7 heteroatoms. The average Bonchev–Trinajstić information content (AvgIpc) is 3.17. The summed E-state index contributed by atoms with van der Waals surface area (Å²) < 4.78 is 5.62. The highest BCUT2D eigenvalue weighted by Crippen LogP contribution is 2.46. The Labute approximate surface area is 187 Å². The van der Waals surface area contributed by atoms with Crippen molar-refractivity contribution in [3.05, 3.63) is 47.2 Å². The van der Waals surface area contributed by atoms with E-state index in [1.807, 2.05) is 11.8 Å². The maximum Gasteiger partial charge on any atom is 0.130 e. The molecule has 0 amide bonds. The fraction of sp³-hybridized carbons (Fsp3) is 0.609. The first-order chi connectivity index (χ1) is 13.1. The van der Waals surface area contributed by atoms with Gasteiger partial charge in [-0.05, 0) is 38.5 Å². The molecule has 0 radical (unpaired) electrons. The summed E-state index contributed by atoms with van der Waals surface area (Å²) in [6.07, 6.45) is 10.3. The van der Waals surface area contributed by atoms with E-state index in [0.29, 0.717) is 5.84 Å². The standard InChI is InChI=1S/C22H35N3OS.CH4.2H2O/c1-4-16-26-17-15-24-14-11-20(22(27-3)12-5-6-13-22)25-21(23)19-9-7-18(2)8-10-19;;;/h7-11,24H,4-6,12-17H2,1-3H3,(H2,23,25);1H4;2*1H2/b20-11-;;;. The Bertz CT molecular complexity index is 627. The first kappa shape index (κ1) is 30.8. The minimum atomic E-state index is 0. The number of nitrogens with zero attached hydrogens (tertiary/aromatic N) is 1. The van der Waals surface area contributed by atoms with Gasteiger partial charge in [-0.2, -0.15) is 11.8 Å². The number of nitrogens with one attached hydrogen (secondary N) is 1. The van der Waals surface area contributed by atoms with E-state index in [1.165, 1.54) is 31.2 Å². The van der Waals surface area contributed by atoms with Gasteiger partial charge in [0.05, 0.1) is 17.1 Å². The predicted molar refractivity (Wildman–Crippen MR) is 133 cm³/mol. The van der Waals surface area contributed by atoms with E-state index < -0.39 is 0 Å². The summed E-state index contributed by atoms with van der Waals surface area (Å²) in [7, 11) is 0. The number of nitrogens with two attached hydrogens (primary N) is 1. The van der Waals surface area contributed by atoms with Gasteiger partial charge in [-0.25, -0.2) is 4.99 Å². The van der Waals surface area contributed by atoms with E-state index in [1.54, 1.807) is 0 Å². The van der Waals surface area contributed by atoms with Crippen molar-refractivity contribution >= 4 is 17.6 Å². The molecule has 0 atom stereocenters. The van der Waals surface area contributed by atoms with Crippen LogP contribution in [0.3, 0.4) is 0 Å². The van der Waals surface area contributed by atoms with Crippen LogP contribution in [-0.2, 0) is 4.74 Å². The topological polar surface area (TPSA) is 123 Å². The van der Waals surface area contributed by atoms with Crippen LogP contribution in [-0.4, -0.2) is 54.1 Å². The third-order valence-electron chi connectivity index (χ3n) is 5.07. The monoisotopic (exact) mass is 441 g/mol. The summed E-state index contributed by atoms with van der Waals surface area (Å²) in [6, 6.07) is 8.27. The second-order valence-corrected chi connectivity index (χ2v) is 8.36. The lowest BCUT2D eigenvalue weighted by Gasteiger charge is -2.28. The summed E-state index contributed by atoms with van der Waals surface area (Å²) in [5.74, 6) is 0.604. The maximum atomic E-state index is 6.37. The van der Waals surface area contributed by atoms with Crippen LogP contribution >= 0.6 is 11.8 Å². The van der Waals surface area contributed by atoms with Crippen LogP contribution in [0.2, 0.25) is 0 Å². The molecule has 1 fully saturated rings. The van der Waals surface area contributed by atoms with Gasteiger partial charge in [0.25, 0.3) is 0 Å². The number of aryl methyl sites for hydroxylation is 1. The van der Waals surface area contributed by atoms with Crippen molar-refractivity contribution in [3.63, 3.8) is 0 Å². The van der Waals surface area contributed by atoms with Crippen LogP contribution in [0.1, 0.15) is 57.6 Å². The Morgan fingerprint density at radius 3 is 2.40 bits per heavy atom. The first-order valence-electron chi connectivity index (χ1n) is 10.1. The fourth-order valence-corrected chi connectivity index (χ4v) is 4.46. The zero-order valence-electron chi connectivity index (χ0n) is 18.1. The van der Waals surface area contributed by atoms with E-state index in [9.17, 15) is 0 Å². The molecule has 1 aliphatic rings. The van der Waals surface area contributed by atoms with Gasteiger partial charge in [-0.3, -0.25) is 0 Å². The molecule has 1 saturated carbocycles. The third-order valence-corrected chi connectivity index (χ3v) is 6.47. The lowest BCUT2D eigenvalue weighted by atomic mass is 10.0. The van der Waals surface area contributed by atoms with Crippen molar-refractivity contribution in [1.29, 1.82) is 0 Å². The quantitative estimate of drug-likeness (QED) is 0.311. The zero-order chi connectivity index (χ0) is 19.5. The SMILES string of the molecule is C.CCCOCCNC/C=C(\N=C(N)c1ccc(C)cc1)C1(SC)CCCC1.O.O. The molecule has 1 aliphatic carbocycles. The Morgan fingerprint density at radius 2 is 1.83 bits per heavy atom. The smallest absolute Gasteiger partial charge is 0.130 e. The molecule has 0 spiro atoms. The van der Waals surface area contributed by atoms with Gasteiger partial charge in [-0.15, -0.1) is 0 Å². The molecule has 0 heterocycles. The van der Waals surface area contributed by atoms with E-state index in [0.717, 1.165) is 44.0 Å². The Hall–Kier alpha value is -1.38. The van der Waals surface area contributed by atoms with Crippen molar-refractivity contribution in [2.45, 2.75) is 58.1 Å². The normalized spacial score (nSPS) is 15.7. The predicted octanol–water partition coefficient (Wildman–Crippen LogP) is 3.26. The summed E-state index contributed by atoms with van der Waals surface area (Å²) in [5.41, 5.74) is 9.71. The largest absolute Gasteiger partial charge is 0.412 e. The highest BCUT2D eigenvalue weighted by Gasteiger charge is 2.37. The summed E-state index contributed by atoms with van der Waals surface area (Å²) >= 11 is 1.92. The van der Waals surface area contributed by atoms with Crippen LogP contribution in [0.15, 0.2) is 41.0 Å². The number of hydrogen-bond acceptors (Lipinski definition) is 4. The number of thioether (sulfide) groups is 1. The summed E-state index contributed by atoms with van der Waals surface area (Å²) in [6.45, 7) is 7.43. The zero-order valence-corrected chi connectivity index (χ0v) is 18.9. The minimum absolute atomic E-state index is 0. The molecule has 0 saturated heterocycles. The number of hydrogen-bond donors (Lipinski definition) is 2. The molecule has 6 nitrogen and oxygen atoms in total. The maximum absolute atomic E-state index is 6.37. The Balaban J connectivity index is 0. The average molecular weight is 442 g/mol. The van der Waals surface area contributed by atoms with Gasteiger partial charge in [0.15, 0.2) is 0 Å². The second-order valence-electron chi connectivity index (χ2n) is 7.17. The molecule has 2 rings (SSSR count). The van der Waals surface area contributed by atoms with Crippen LogP contribution in [0.5, 0.6) is 0 Å². The van der Waals surface area contributed by atoms with Gasteiger partial charge >= 0.3 is 0 Å². The van der Waals surface area contributed by atoms with Crippen LogP contribution < -0.4 is 11.1 Å². The molecule has 0 bridgehead atoms. The summed E-state index contributed by atoms with van der Waals surface area (Å²) in [5, 5.41) is 3.44. The van der Waals surface area contributed by atoms with Crippen molar-refractivity contribution < 1.29 is 15.7 Å². The van der Waals surface area contributed by atoms with Gasteiger partial charge < -0.3 is 26.7 Å². The molecule has 174 valence electrons. The molecule has 1 aromatic rings. The molecule has 30 heavy (non-hydrogen) atoms. The number of amidine groups is 1. The van der Waals surface area contributed by atoms with Gasteiger partial charge in [0.1, 0.15) is 5.84 Å². The number of rotatable bonds is 11. The van der Waals surface area contributed by atoms with E-state index in [2.05, 4.69) is 55.8 Å². The van der Waals surface area contributed by atoms with Crippen LogP contribution in [0, 0.1) is 6.92 Å². The van der Waals surface area contributed by atoms with Crippen molar-refractivity contribution in [2.24, 2.45) is 10.7 Å². The lowest BCUT2D eigenvalue weighted by Crippen LogP contribution is -2.27. The van der Waals surface area contributed by atoms with Crippen molar-refractivity contribution in [1.82, 2.24) is 5.32 Å². The highest BCUT2D eigenvalue weighted by atomic mass is 32.2. The molecule has 7 N–H and O–H groups in total. The molecular formula is C23H43N3O3S. The third kappa shape index (κ3) is 9.18. The van der Waals surface area contributed by atoms with Gasteiger partial charge in [-0.1, -0.05) is 57.0 Å². The van der Waals surface area contributed by atoms with E-state index in [4.69, 9.17) is 15.5 Å². The summed E-state index contributed by atoms with van der Waals surface area (Å²) in [4.78, 5) is 4.91. The van der Waals surface area contributed by atoms with E-state index >= 15 is 0 Å². The highest BCUT2D eigenvalue weighted by molar-refractivity contribution is 8.00. The molecule has 1 aromatic carbocycles. The van der Waals surface area contributed by atoms with Gasteiger partial charge in [0, 0.05) is 25.3 Å². The Morgan fingerprint density at radius 1 is 1.20 bits per heavy atom. The van der Waals surface area contributed by atoms with Crippen LogP contribution in [0.4, 0.5) is 0 Å². The van der Waals surface area contributed by atoms with Gasteiger partial charge in [0.2, 0.25) is 0 Å². The fourth-order valence-electron chi connectivity index (χ4n) is 3.42. The number of ether oxygens (including phenoxy) is 1. The minimum Gasteiger partial charge on any atom is -0.412 e. The van der Waals surface area contributed by atoms with Crippen LogP contribution in [0.25, 0.3) is 0 Å². The number of aliphatic imine (C=N–C) groups is 1. The molecule has 0 unspecified atom stereocenters. The second kappa shape index (κ2) is 16.3.